The molecule has 27 heavy (non-hydrogen) atoms. The molecule has 1 aromatic heterocycles. The molecule has 3 rings (SSSR count). The van der Waals surface area contributed by atoms with Crippen molar-refractivity contribution in [1.82, 2.24) is 0 Å². The van der Waals surface area contributed by atoms with Gasteiger partial charge in [0.25, 0.3) is 0 Å². The van der Waals surface area contributed by atoms with Crippen LogP contribution in [0, 0.1) is 11.6 Å². The molecule has 0 spiro atoms. The number of ether oxygens (including phenoxy) is 2. The van der Waals surface area contributed by atoms with E-state index in [4.69, 9.17) is 9.47 Å². The topological polar surface area (TPSA) is 18.5 Å². The lowest BCUT2D eigenvalue weighted by atomic mass is 10.1. The van der Waals surface area contributed by atoms with Crippen LogP contribution in [0.4, 0.5) is 8.78 Å². The summed E-state index contributed by atoms with van der Waals surface area (Å²) in [6.45, 7) is 5.21. The number of hydrogen-bond donors (Lipinski definition) is 0. The van der Waals surface area contributed by atoms with E-state index < -0.39 is 11.6 Å². The normalized spacial score (nSPS) is 11.4. The second-order valence-corrected chi connectivity index (χ2v) is 7.74. The zero-order chi connectivity index (χ0) is 19.2. The summed E-state index contributed by atoms with van der Waals surface area (Å²) in [7, 11) is 0. The smallest absolute Gasteiger partial charge is 0.182 e. The third-order valence-electron chi connectivity index (χ3n) is 4.63. The van der Waals surface area contributed by atoms with Crippen molar-refractivity contribution in [2.24, 2.45) is 0 Å². The van der Waals surface area contributed by atoms with Crippen molar-refractivity contribution >= 4 is 31.5 Å². The van der Waals surface area contributed by atoms with E-state index in [0.29, 0.717) is 33.4 Å². The average molecular weight is 393 g/mol. The van der Waals surface area contributed by atoms with E-state index in [-0.39, 0.29) is 11.5 Å². The molecule has 146 valence electrons. The Kier molecular flexibility index (Phi) is 6.89. The zero-order valence-corrected chi connectivity index (χ0v) is 16.8. The molecular weight excluding hydrogens is 366 g/mol. The second kappa shape index (κ2) is 9.36. The largest absolute Gasteiger partial charge is 0.490 e. The van der Waals surface area contributed by atoms with Gasteiger partial charge in [-0.1, -0.05) is 39.5 Å². The standard InChI is InChI=1S/C22H26F2O2S/c1-3-5-7-13-25-17-11-9-15-16-10-12-18(26-14-8-6-4-2)20(24)22(16)27-21(15)19(17)23/h9-12H,3-8,13-14H2,1-2H3. The Morgan fingerprint density at radius 2 is 1.15 bits per heavy atom. The van der Waals surface area contributed by atoms with Gasteiger partial charge in [-0.3, -0.25) is 0 Å². The molecule has 0 atom stereocenters. The lowest BCUT2D eigenvalue weighted by Gasteiger charge is -2.07. The molecular formula is C22H26F2O2S. The minimum absolute atomic E-state index is 0.238. The minimum Gasteiger partial charge on any atom is -0.490 e. The van der Waals surface area contributed by atoms with Gasteiger partial charge in [0.05, 0.1) is 22.6 Å². The molecule has 0 bridgehead atoms. The fourth-order valence-electron chi connectivity index (χ4n) is 3.09. The Hall–Kier alpha value is -1.88. The molecule has 1 heterocycles. The van der Waals surface area contributed by atoms with Crippen LogP contribution in [-0.4, -0.2) is 13.2 Å². The van der Waals surface area contributed by atoms with Crippen LogP contribution < -0.4 is 9.47 Å². The minimum atomic E-state index is -0.407. The molecule has 0 aliphatic heterocycles. The van der Waals surface area contributed by atoms with Gasteiger partial charge >= 0.3 is 0 Å². The Morgan fingerprint density at radius 1 is 0.704 bits per heavy atom. The number of hydrogen-bond acceptors (Lipinski definition) is 3. The highest BCUT2D eigenvalue weighted by atomic mass is 32.1. The van der Waals surface area contributed by atoms with Crippen LogP contribution in [0.5, 0.6) is 11.5 Å². The maximum atomic E-state index is 14.9. The fourth-order valence-corrected chi connectivity index (χ4v) is 4.25. The van der Waals surface area contributed by atoms with Gasteiger partial charge in [0.15, 0.2) is 23.1 Å². The summed E-state index contributed by atoms with van der Waals surface area (Å²) < 4.78 is 41.8. The van der Waals surface area contributed by atoms with Gasteiger partial charge < -0.3 is 9.47 Å². The van der Waals surface area contributed by atoms with Gasteiger partial charge in [-0.2, -0.15) is 0 Å². The maximum absolute atomic E-state index is 14.9. The van der Waals surface area contributed by atoms with E-state index in [1.54, 1.807) is 12.1 Å². The van der Waals surface area contributed by atoms with E-state index in [0.717, 1.165) is 49.9 Å². The van der Waals surface area contributed by atoms with Crippen molar-refractivity contribution in [3.63, 3.8) is 0 Å². The third kappa shape index (κ3) is 4.34. The Bertz CT molecular complexity index is 832. The summed E-state index contributed by atoms with van der Waals surface area (Å²) in [6, 6.07) is 6.91. The van der Waals surface area contributed by atoms with E-state index in [9.17, 15) is 8.78 Å². The lowest BCUT2D eigenvalue weighted by molar-refractivity contribution is 0.293. The van der Waals surface area contributed by atoms with Crippen molar-refractivity contribution in [1.29, 1.82) is 0 Å². The van der Waals surface area contributed by atoms with E-state index in [2.05, 4.69) is 13.8 Å². The lowest BCUT2D eigenvalue weighted by Crippen LogP contribution is -1.99. The molecule has 0 unspecified atom stereocenters. The van der Waals surface area contributed by atoms with Gasteiger partial charge in [0.2, 0.25) is 0 Å². The Morgan fingerprint density at radius 3 is 1.56 bits per heavy atom. The molecule has 3 aromatic rings. The fraction of sp³-hybridized carbons (Fsp3) is 0.455. The molecule has 0 aliphatic carbocycles. The molecule has 0 saturated heterocycles. The highest BCUT2D eigenvalue weighted by Crippen LogP contribution is 2.41. The van der Waals surface area contributed by atoms with Crippen LogP contribution in [-0.2, 0) is 0 Å². The summed E-state index contributed by atoms with van der Waals surface area (Å²) in [6.07, 6.45) is 6.08. The predicted molar refractivity (Wildman–Crippen MR) is 109 cm³/mol. The monoisotopic (exact) mass is 392 g/mol. The first-order chi connectivity index (χ1) is 13.2. The van der Waals surface area contributed by atoms with Crippen molar-refractivity contribution in [2.45, 2.75) is 52.4 Å². The molecule has 5 heteroatoms. The molecule has 2 aromatic carbocycles. The Labute approximate surface area is 163 Å². The summed E-state index contributed by atoms with van der Waals surface area (Å²) in [4.78, 5) is 0. The quantitative estimate of drug-likeness (QED) is 0.333. The van der Waals surface area contributed by atoms with Crippen molar-refractivity contribution in [3.05, 3.63) is 35.9 Å². The molecule has 0 amide bonds. The van der Waals surface area contributed by atoms with Gasteiger partial charge in [-0.05, 0) is 37.1 Å². The van der Waals surface area contributed by atoms with Crippen LogP contribution in [0.1, 0.15) is 52.4 Å². The summed E-state index contributed by atoms with van der Waals surface area (Å²) >= 11 is 1.12. The number of halogens is 2. The number of fused-ring (bicyclic) bond motifs is 3. The van der Waals surface area contributed by atoms with Crippen molar-refractivity contribution < 1.29 is 18.3 Å². The summed E-state index contributed by atoms with van der Waals surface area (Å²) in [5.41, 5.74) is 0. The van der Waals surface area contributed by atoms with E-state index in [1.807, 2.05) is 12.1 Å². The highest BCUT2D eigenvalue weighted by Gasteiger charge is 2.18. The van der Waals surface area contributed by atoms with E-state index >= 15 is 0 Å². The number of unbranched alkanes of at least 4 members (excludes halogenated alkanes) is 4. The number of rotatable bonds is 10. The first-order valence-electron chi connectivity index (χ1n) is 9.76. The number of thiophene rings is 1. The van der Waals surface area contributed by atoms with Crippen LogP contribution >= 0.6 is 11.3 Å². The van der Waals surface area contributed by atoms with E-state index in [1.165, 1.54) is 0 Å². The van der Waals surface area contributed by atoms with Gasteiger partial charge in [-0.15, -0.1) is 11.3 Å². The van der Waals surface area contributed by atoms with Crippen LogP contribution in [0.2, 0.25) is 0 Å². The molecule has 0 aliphatic rings. The highest BCUT2D eigenvalue weighted by molar-refractivity contribution is 7.25. The maximum Gasteiger partial charge on any atom is 0.182 e. The van der Waals surface area contributed by atoms with Crippen LogP contribution in [0.3, 0.4) is 0 Å². The van der Waals surface area contributed by atoms with Gasteiger partial charge in [0.1, 0.15) is 0 Å². The average Bonchev–Trinajstić information content (AvgIpc) is 3.06. The molecule has 0 N–H and O–H groups in total. The van der Waals surface area contributed by atoms with Crippen LogP contribution in [0.25, 0.3) is 20.2 Å². The zero-order valence-electron chi connectivity index (χ0n) is 15.9. The number of benzene rings is 2. The summed E-state index contributed by atoms with van der Waals surface area (Å²) in [5.74, 6) is -0.340. The van der Waals surface area contributed by atoms with Gasteiger partial charge in [-0.25, -0.2) is 8.78 Å². The second-order valence-electron chi connectivity index (χ2n) is 6.72. The third-order valence-corrected chi connectivity index (χ3v) is 5.84. The predicted octanol–water partition coefficient (Wildman–Crippen LogP) is 7.47. The first kappa shape index (κ1) is 19.9. The Balaban J connectivity index is 1.88. The van der Waals surface area contributed by atoms with Crippen LogP contribution in [0.15, 0.2) is 24.3 Å². The molecule has 0 saturated carbocycles. The van der Waals surface area contributed by atoms with Crippen molar-refractivity contribution in [3.8, 4) is 11.5 Å². The molecule has 0 radical (unpaired) electrons. The molecule has 2 nitrogen and oxygen atoms in total. The SMILES string of the molecule is CCCCCOc1ccc2c(sc3c(F)c(OCCCCC)ccc32)c1F. The van der Waals surface area contributed by atoms with Crippen molar-refractivity contribution in [2.75, 3.05) is 13.2 Å². The summed E-state index contributed by atoms with van der Waals surface area (Å²) in [5, 5.41) is 1.43. The first-order valence-corrected chi connectivity index (χ1v) is 10.6. The van der Waals surface area contributed by atoms with Gasteiger partial charge in [0, 0.05) is 10.8 Å². The molecule has 0 fully saturated rings.